The van der Waals surface area contributed by atoms with Crippen LogP contribution in [0, 0.1) is 17.8 Å². The van der Waals surface area contributed by atoms with Crippen molar-refractivity contribution in [3.8, 4) is 0 Å². The number of carbonyl (C=O) groups is 3. The lowest BCUT2D eigenvalue weighted by Gasteiger charge is -2.41. The quantitative estimate of drug-likeness (QED) is 0.205. The number of aliphatic hydroxyl groups excluding tert-OH is 1. The van der Waals surface area contributed by atoms with E-state index in [0.29, 0.717) is 23.6 Å². The number of likely N-dealkylation sites (tertiary alicyclic amines) is 1. The minimum Gasteiger partial charge on any atom is -0.465 e. The Morgan fingerprint density at radius 3 is 2.64 bits per heavy atom. The number of rotatable bonds is 13. The Balaban J connectivity index is 1.76. The number of esters is 1. The molecule has 1 spiro atoms. The van der Waals surface area contributed by atoms with Crippen molar-refractivity contribution < 1.29 is 24.2 Å². The maximum absolute atomic E-state index is 14.6. The summed E-state index contributed by atoms with van der Waals surface area (Å²) >= 11 is 7.72. The second-order valence-electron chi connectivity index (χ2n) is 10.7. The summed E-state index contributed by atoms with van der Waals surface area (Å²) in [6.07, 6.45) is 6.96. The van der Waals surface area contributed by atoms with E-state index in [2.05, 4.69) is 13.2 Å². The summed E-state index contributed by atoms with van der Waals surface area (Å²) in [4.78, 5) is 45.6. The van der Waals surface area contributed by atoms with E-state index in [-0.39, 0.29) is 48.7 Å². The fraction of sp³-hybridized carbons (Fsp3) is 0.567. The first kappa shape index (κ1) is 29.7. The summed E-state index contributed by atoms with van der Waals surface area (Å²) in [5.74, 6) is -2.15. The molecule has 1 N–H and O–H groups in total. The first-order valence-corrected chi connectivity index (χ1v) is 15.1. The first-order valence-electron chi connectivity index (χ1n) is 13.8. The number of allylic oxidation sites excluding steroid dienone is 1. The van der Waals surface area contributed by atoms with E-state index in [9.17, 15) is 19.5 Å². The van der Waals surface area contributed by atoms with Crippen LogP contribution in [-0.4, -0.2) is 69.6 Å². The minimum absolute atomic E-state index is 0.0423. The first-order chi connectivity index (χ1) is 18.7. The molecule has 3 aliphatic heterocycles. The molecule has 4 rings (SSSR count). The van der Waals surface area contributed by atoms with Crippen LogP contribution >= 0.6 is 23.4 Å². The van der Waals surface area contributed by atoms with Gasteiger partial charge >= 0.3 is 5.97 Å². The number of carbonyl (C=O) groups excluding carboxylic acids is 3. The molecule has 0 aromatic heterocycles. The Morgan fingerprint density at radius 2 is 2.03 bits per heavy atom. The van der Waals surface area contributed by atoms with Gasteiger partial charge in [0.05, 0.1) is 35.8 Å². The molecule has 2 amide bonds. The molecular weight excluding hydrogens is 536 g/mol. The Kier molecular flexibility index (Phi) is 9.50. The Labute approximate surface area is 240 Å². The van der Waals surface area contributed by atoms with Crippen molar-refractivity contribution in [1.82, 2.24) is 4.90 Å². The predicted molar refractivity (Wildman–Crippen MR) is 156 cm³/mol. The molecule has 0 saturated carbocycles. The van der Waals surface area contributed by atoms with E-state index < -0.39 is 28.7 Å². The van der Waals surface area contributed by atoms with Crippen molar-refractivity contribution in [2.24, 2.45) is 17.8 Å². The van der Waals surface area contributed by atoms with Gasteiger partial charge in [0, 0.05) is 22.5 Å². The zero-order chi connectivity index (χ0) is 28.3. The number of unbranched alkanes of at least 4 members (excludes halogenated alkanes) is 1. The number of hydrogen-bond acceptors (Lipinski definition) is 6. The zero-order valence-corrected chi connectivity index (χ0v) is 24.3. The van der Waals surface area contributed by atoms with Crippen LogP contribution in [-0.2, 0) is 19.1 Å². The predicted octanol–water partition coefficient (Wildman–Crippen LogP) is 4.87. The molecule has 212 valence electrons. The van der Waals surface area contributed by atoms with Crippen molar-refractivity contribution in [3.05, 3.63) is 54.6 Å². The highest BCUT2D eigenvalue weighted by molar-refractivity contribution is 8.02. The standard InChI is InChI=1S/C30H39ClN2O5S/c1-5-8-9-17-38-29(37)24-23-14-15-30(39-23)25(24)27(35)33(22(18-34)19(4)7-3)26(30)28(36)32(16-6-2)21-12-10-20(31)11-13-21/h5-6,10-13,19,22-26,34H,1-2,7-9,14-18H2,3-4H3/t19-,22-,23+,24-,25-,26?,30?/m0/s1. The van der Waals surface area contributed by atoms with Gasteiger partial charge in [0.2, 0.25) is 5.91 Å². The van der Waals surface area contributed by atoms with Gasteiger partial charge in [-0.05, 0) is 55.9 Å². The van der Waals surface area contributed by atoms with E-state index in [4.69, 9.17) is 16.3 Å². The Hall–Kier alpha value is -2.29. The van der Waals surface area contributed by atoms with Gasteiger partial charge in [-0.3, -0.25) is 14.4 Å². The lowest BCUT2D eigenvalue weighted by Crippen LogP contribution is -2.58. The molecule has 3 saturated heterocycles. The molecular formula is C30H39ClN2O5S. The van der Waals surface area contributed by atoms with Crippen molar-refractivity contribution in [2.45, 2.75) is 68.0 Å². The normalized spacial score (nSPS) is 28.6. The van der Waals surface area contributed by atoms with Gasteiger partial charge in [-0.15, -0.1) is 24.9 Å². The molecule has 3 heterocycles. The smallest absolute Gasteiger partial charge is 0.310 e. The molecule has 2 bridgehead atoms. The molecule has 39 heavy (non-hydrogen) atoms. The molecule has 7 atom stereocenters. The Morgan fingerprint density at radius 1 is 1.31 bits per heavy atom. The largest absolute Gasteiger partial charge is 0.465 e. The lowest BCUT2D eigenvalue weighted by atomic mass is 9.71. The third-order valence-corrected chi connectivity index (χ3v) is 10.8. The van der Waals surface area contributed by atoms with E-state index in [0.717, 1.165) is 19.3 Å². The topological polar surface area (TPSA) is 87.1 Å². The number of thioether (sulfide) groups is 1. The molecule has 3 aliphatic rings. The molecule has 3 fully saturated rings. The lowest BCUT2D eigenvalue weighted by molar-refractivity contribution is -0.154. The summed E-state index contributed by atoms with van der Waals surface area (Å²) in [5.41, 5.74) is 0.649. The van der Waals surface area contributed by atoms with Crippen LogP contribution in [0.3, 0.4) is 0 Å². The number of aliphatic hydroxyl groups is 1. The number of ether oxygens (including phenoxy) is 1. The van der Waals surface area contributed by atoms with Crippen LogP contribution in [0.5, 0.6) is 0 Å². The van der Waals surface area contributed by atoms with Crippen LogP contribution in [0.25, 0.3) is 0 Å². The number of anilines is 1. The maximum Gasteiger partial charge on any atom is 0.310 e. The van der Waals surface area contributed by atoms with Gasteiger partial charge in [-0.2, -0.15) is 0 Å². The second-order valence-corrected chi connectivity index (χ2v) is 12.8. The minimum atomic E-state index is -0.828. The number of amides is 2. The van der Waals surface area contributed by atoms with Gasteiger partial charge in [0.15, 0.2) is 0 Å². The van der Waals surface area contributed by atoms with Crippen LogP contribution in [0.2, 0.25) is 5.02 Å². The van der Waals surface area contributed by atoms with E-state index in [1.165, 1.54) is 0 Å². The van der Waals surface area contributed by atoms with Gasteiger partial charge in [0.25, 0.3) is 5.91 Å². The summed E-state index contributed by atoms with van der Waals surface area (Å²) in [7, 11) is 0. The number of hydrogen-bond donors (Lipinski definition) is 1. The number of fused-ring (bicyclic) bond motifs is 1. The highest BCUT2D eigenvalue weighted by Gasteiger charge is 2.75. The molecule has 1 aromatic rings. The van der Waals surface area contributed by atoms with Gasteiger partial charge in [-0.25, -0.2) is 0 Å². The average Bonchev–Trinajstić information content (AvgIpc) is 3.58. The van der Waals surface area contributed by atoms with Crippen molar-refractivity contribution in [2.75, 3.05) is 24.7 Å². The summed E-state index contributed by atoms with van der Waals surface area (Å²) in [6.45, 7) is 11.8. The summed E-state index contributed by atoms with van der Waals surface area (Å²) < 4.78 is 4.88. The molecule has 7 nitrogen and oxygen atoms in total. The van der Waals surface area contributed by atoms with Gasteiger partial charge in [0.1, 0.15) is 6.04 Å². The fourth-order valence-corrected chi connectivity index (χ4v) is 8.84. The molecule has 9 heteroatoms. The monoisotopic (exact) mass is 574 g/mol. The van der Waals surface area contributed by atoms with Crippen molar-refractivity contribution in [3.63, 3.8) is 0 Å². The SMILES string of the molecule is C=CCCCOC(=O)[C@@H]1[C@H]2C(=O)N([C@@H](CO)[C@@H](C)CC)C(C(=O)N(CC=C)c3ccc(Cl)cc3)C23CC[C@H]1S3. The second kappa shape index (κ2) is 12.5. The van der Waals surface area contributed by atoms with Gasteiger partial charge < -0.3 is 19.6 Å². The molecule has 0 radical (unpaired) electrons. The third-order valence-electron chi connectivity index (χ3n) is 8.60. The Bertz CT molecular complexity index is 1100. The highest BCUT2D eigenvalue weighted by Crippen LogP contribution is 2.67. The van der Waals surface area contributed by atoms with Crippen LogP contribution in [0.1, 0.15) is 46.0 Å². The summed E-state index contributed by atoms with van der Waals surface area (Å²) in [5, 5.41) is 11.0. The fourth-order valence-electron chi connectivity index (χ4n) is 6.53. The van der Waals surface area contributed by atoms with Crippen molar-refractivity contribution in [1.29, 1.82) is 0 Å². The van der Waals surface area contributed by atoms with E-state index in [1.54, 1.807) is 58.0 Å². The maximum atomic E-state index is 14.6. The van der Waals surface area contributed by atoms with Crippen LogP contribution < -0.4 is 4.90 Å². The number of benzene rings is 1. The summed E-state index contributed by atoms with van der Waals surface area (Å²) in [6, 6.07) is 5.63. The number of halogens is 1. The van der Waals surface area contributed by atoms with E-state index in [1.807, 2.05) is 13.8 Å². The highest BCUT2D eigenvalue weighted by atomic mass is 35.5. The van der Waals surface area contributed by atoms with Crippen LogP contribution in [0.15, 0.2) is 49.6 Å². The molecule has 1 aromatic carbocycles. The number of nitrogens with zero attached hydrogens (tertiary/aromatic N) is 2. The van der Waals surface area contributed by atoms with E-state index >= 15 is 0 Å². The van der Waals surface area contributed by atoms with Crippen molar-refractivity contribution >= 4 is 46.8 Å². The zero-order valence-electron chi connectivity index (χ0n) is 22.8. The molecule has 0 aliphatic carbocycles. The van der Waals surface area contributed by atoms with Crippen LogP contribution in [0.4, 0.5) is 5.69 Å². The average molecular weight is 575 g/mol. The molecule has 2 unspecified atom stereocenters. The van der Waals surface area contributed by atoms with Gasteiger partial charge in [-0.1, -0.05) is 44.0 Å². The third kappa shape index (κ3) is 5.27.